The van der Waals surface area contributed by atoms with Crippen molar-refractivity contribution in [2.24, 2.45) is 0 Å². The lowest BCUT2D eigenvalue weighted by molar-refractivity contribution is 0.208. The van der Waals surface area contributed by atoms with Crippen molar-refractivity contribution in [3.8, 4) is 5.75 Å². The molecule has 0 amide bonds. The van der Waals surface area contributed by atoms with Crippen molar-refractivity contribution in [2.45, 2.75) is 26.9 Å². The van der Waals surface area contributed by atoms with E-state index in [9.17, 15) is 9.50 Å². The summed E-state index contributed by atoms with van der Waals surface area (Å²) in [6.45, 7) is 5.45. The Morgan fingerprint density at radius 2 is 1.86 bits per heavy atom. The maximum absolute atomic E-state index is 14.3. The summed E-state index contributed by atoms with van der Waals surface area (Å²) >= 11 is 3.47. The predicted molar refractivity (Wildman–Crippen MR) is 85.4 cm³/mol. The number of hydrogen-bond acceptors (Lipinski definition) is 2. The number of ether oxygens (including phenoxy) is 1. The number of aryl methyl sites for hydroxylation is 2. The lowest BCUT2D eigenvalue weighted by atomic mass is 9.93. The molecule has 1 N–H and O–H groups in total. The summed E-state index contributed by atoms with van der Waals surface area (Å²) in [5.41, 5.74) is 3.08. The highest BCUT2D eigenvalue weighted by Crippen LogP contribution is 2.39. The van der Waals surface area contributed by atoms with Gasteiger partial charge in [0.25, 0.3) is 0 Å². The van der Waals surface area contributed by atoms with Crippen LogP contribution in [-0.4, -0.2) is 12.2 Å². The topological polar surface area (TPSA) is 29.5 Å². The highest BCUT2D eigenvalue weighted by Gasteiger charge is 2.24. The molecule has 0 spiro atoms. The van der Waals surface area contributed by atoms with Gasteiger partial charge in [0.05, 0.1) is 7.11 Å². The third-order valence-corrected chi connectivity index (χ3v) is 4.53. The van der Waals surface area contributed by atoms with Gasteiger partial charge in [-0.3, -0.25) is 0 Å². The molecule has 1 unspecified atom stereocenters. The minimum absolute atomic E-state index is 0.258. The second-order valence-electron chi connectivity index (χ2n) is 5.13. The van der Waals surface area contributed by atoms with Crippen molar-refractivity contribution >= 4 is 15.9 Å². The van der Waals surface area contributed by atoms with Crippen LogP contribution >= 0.6 is 15.9 Å². The zero-order valence-corrected chi connectivity index (χ0v) is 14.1. The molecule has 0 aromatic heterocycles. The molecule has 0 bridgehead atoms. The molecule has 112 valence electrons. The van der Waals surface area contributed by atoms with E-state index < -0.39 is 6.10 Å². The molecule has 0 aliphatic carbocycles. The Labute approximate surface area is 132 Å². The fourth-order valence-electron chi connectivity index (χ4n) is 2.51. The maximum atomic E-state index is 14.3. The van der Waals surface area contributed by atoms with Crippen molar-refractivity contribution in [3.05, 3.63) is 62.4 Å². The van der Waals surface area contributed by atoms with Crippen LogP contribution in [0.1, 0.15) is 33.9 Å². The molecule has 0 aliphatic rings. The minimum atomic E-state index is -1.07. The Morgan fingerprint density at radius 3 is 2.48 bits per heavy atom. The smallest absolute Gasteiger partial charge is 0.132 e. The first kappa shape index (κ1) is 16.0. The van der Waals surface area contributed by atoms with Crippen LogP contribution in [0.4, 0.5) is 4.39 Å². The Hall–Kier alpha value is -1.39. The number of halogens is 2. The zero-order valence-electron chi connectivity index (χ0n) is 12.5. The molecule has 2 nitrogen and oxygen atoms in total. The third kappa shape index (κ3) is 2.83. The second-order valence-corrected chi connectivity index (χ2v) is 5.98. The van der Waals surface area contributed by atoms with Gasteiger partial charge < -0.3 is 9.84 Å². The van der Waals surface area contributed by atoms with Gasteiger partial charge in [0.1, 0.15) is 17.7 Å². The number of methoxy groups -OCH3 is 1. The van der Waals surface area contributed by atoms with Gasteiger partial charge in [0.2, 0.25) is 0 Å². The standard InChI is InChI=1S/C17H18BrFO2/c1-9-6-5-7-12(15(9)19)16(20)14-11(3)13(18)8-10(2)17(14)21-4/h5-8,16,20H,1-4H3. The number of aliphatic hydroxyl groups is 1. The van der Waals surface area contributed by atoms with Crippen LogP contribution in [0.3, 0.4) is 0 Å². The first-order chi connectivity index (χ1) is 9.88. The van der Waals surface area contributed by atoms with Gasteiger partial charge >= 0.3 is 0 Å². The van der Waals surface area contributed by atoms with Gasteiger partial charge in [-0.25, -0.2) is 4.39 Å². The molecule has 1 atom stereocenters. The number of rotatable bonds is 3. The normalized spacial score (nSPS) is 12.3. The van der Waals surface area contributed by atoms with Crippen molar-refractivity contribution in [3.63, 3.8) is 0 Å². The second kappa shape index (κ2) is 6.16. The van der Waals surface area contributed by atoms with Crippen molar-refractivity contribution in [1.82, 2.24) is 0 Å². The average Bonchev–Trinajstić information content (AvgIpc) is 2.44. The number of hydrogen-bond donors (Lipinski definition) is 1. The van der Waals surface area contributed by atoms with E-state index in [0.29, 0.717) is 16.9 Å². The molecular formula is C17H18BrFO2. The SMILES string of the molecule is COc1c(C)cc(Br)c(C)c1C(O)c1cccc(C)c1F. The van der Waals surface area contributed by atoms with Crippen LogP contribution in [0.5, 0.6) is 5.75 Å². The molecule has 2 rings (SSSR count). The van der Waals surface area contributed by atoms with Crippen LogP contribution < -0.4 is 4.74 Å². The molecule has 2 aromatic carbocycles. The van der Waals surface area contributed by atoms with E-state index in [2.05, 4.69) is 15.9 Å². The first-order valence-corrected chi connectivity index (χ1v) is 7.44. The molecule has 0 heterocycles. The fraction of sp³-hybridized carbons (Fsp3) is 0.294. The monoisotopic (exact) mass is 352 g/mol. The largest absolute Gasteiger partial charge is 0.496 e. The number of benzene rings is 2. The Bertz CT molecular complexity index is 683. The molecular weight excluding hydrogens is 335 g/mol. The van der Waals surface area contributed by atoms with E-state index in [1.807, 2.05) is 19.9 Å². The van der Waals surface area contributed by atoms with Crippen molar-refractivity contribution in [1.29, 1.82) is 0 Å². The Balaban J connectivity index is 2.68. The third-order valence-electron chi connectivity index (χ3n) is 3.70. The minimum Gasteiger partial charge on any atom is -0.496 e. The van der Waals surface area contributed by atoms with Gasteiger partial charge in [-0.15, -0.1) is 0 Å². The Morgan fingerprint density at radius 1 is 1.19 bits per heavy atom. The summed E-state index contributed by atoms with van der Waals surface area (Å²) in [6, 6.07) is 6.95. The molecule has 4 heteroatoms. The summed E-state index contributed by atoms with van der Waals surface area (Å²) in [6.07, 6.45) is -1.07. The lowest BCUT2D eigenvalue weighted by Gasteiger charge is -2.21. The first-order valence-electron chi connectivity index (χ1n) is 6.65. The van der Waals surface area contributed by atoms with Crippen LogP contribution in [-0.2, 0) is 0 Å². The van der Waals surface area contributed by atoms with Gasteiger partial charge in [-0.2, -0.15) is 0 Å². The molecule has 21 heavy (non-hydrogen) atoms. The molecule has 0 saturated heterocycles. The molecule has 0 saturated carbocycles. The van der Waals surface area contributed by atoms with E-state index in [-0.39, 0.29) is 11.4 Å². The van der Waals surface area contributed by atoms with Crippen molar-refractivity contribution < 1.29 is 14.2 Å². The molecule has 0 aliphatic heterocycles. The van der Waals surface area contributed by atoms with E-state index in [4.69, 9.17) is 4.74 Å². The van der Waals surface area contributed by atoms with Crippen LogP contribution in [0, 0.1) is 26.6 Å². The van der Waals surface area contributed by atoms with Gasteiger partial charge in [0, 0.05) is 15.6 Å². The fourth-order valence-corrected chi connectivity index (χ4v) is 3.07. The van der Waals surface area contributed by atoms with E-state index >= 15 is 0 Å². The highest BCUT2D eigenvalue weighted by atomic mass is 79.9. The lowest BCUT2D eigenvalue weighted by Crippen LogP contribution is -2.09. The average molecular weight is 353 g/mol. The molecule has 0 radical (unpaired) electrons. The van der Waals surface area contributed by atoms with Gasteiger partial charge in [-0.1, -0.05) is 34.1 Å². The summed E-state index contributed by atoms with van der Waals surface area (Å²) in [7, 11) is 1.55. The van der Waals surface area contributed by atoms with Crippen LogP contribution in [0.25, 0.3) is 0 Å². The molecule has 2 aromatic rings. The summed E-state index contributed by atoms with van der Waals surface area (Å²) in [5.74, 6) is 0.202. The van der Waals surface area contributed by atoms with E-state index in [1.54, 1.807) is 32.2 Å². The quantitative estimate of drug-likeness (QED) is 0.874. The van der Waals surface area contributed by atoms with Gasteiger partial charge in [0.15, 0.2) is 0 Å². The van der Waals surface area contributed by atoms with Crippen LogP contribution in [0.2, 0.25) is 0 Å². The van der Waals surface area contributed by atoms with Gasteiger partial charge in [-0.05, 0) is 43.5 Å². The highest BCUT2D eigenvalue weighted by molar-refractivity contribution is 9.10. The van der Waals surface area contributed by atoms with Crippen LogP contribution in [0.15, 0.2) is 28.7 Å². The summed E-state index contributed by atoms with van der Waals surface area (Å²) < 4.78 is 20.6. The molecule has 0 fully saturated rings. The summed E-state index contributed by atoms with van der Waals surface area (Å²) in [5, 5.41) is 10.7. The van der Waals surface area contributed by atoms with E-state index in [0.717, 1.165) is 15.6 Å². The summed E-state index contributed by atoms with van der Waals surface area (Å²) in [4.78, 5) is 0. The maximum Gasteiger partial charge on any atom is 0.132 e. The predicted octanol–water partition coefficient (Wildman–Crippen LogP) is 4.60. The van der Waals surface area contributed by atoms with E-state index in [1.165, 1.54) is 0 Å². The van der Waals surface area contributed by atoms with Crippen molar-refractivity contribution in [2.75, 3.05) is 7.11 Å². The number of aliphatic hydroxyl groups excluding tert-OH is 1. The zero-order chi connectivity index (χ0) is 15.7. The Kier molecular flexibility index (Phi) is 4.69.